The average molecular weight is 360 g/mol. The number of carbonyl (C=O) groups is 1. The molecule has 7 nitrogen and oxygen atoms in total. The zero-order valence-corrected chi connectivity index (χ0v) is 15.0. The Labute approximate surface area is 152 Å². The lowest BCUT2D eigenvalue weighted by Gasteiger charge is -2.23. The van der Waals surface area contributed by atoms with Crippen molar-refractivity contribution in [2.45, 2.75) is 38.6 Å². The molecule has 3 rings (SSSR count). The fraction of sp³-hybridized carbons (Fsp3) is 0.556. The maximum atomic E-state index is 13.1. The lowest BCUT2D eigenvalue weighted by Crippen LogP contribution is -2.37. The van der Waals surface area contributed by atoms with Gasteiger partial charge in [0.25, 0.3) is 0 Å². The quantitative estimate of drug-likeness (QED) is 0.780. The Hall–Kier alpha value is -2.35. The summed E-state index contributed by atoms with van der Waals surface area (Å²) in [5.41, 5.74) is 0.859. The molecule has 2 aromatic rings. The molecule has 1 aromatic heterocycles. The van der Waals surface area contributed by atoms with Gasteiger partial charge in [-0.25, -0.2) is 9.07 Å². The molecule has 8 heteroatoms. The molecule has 2 unspecified atom stereocenters. The molecule has 0 bridgehead atoms. The van der Waals surface area contributed by atoms with Crippen molar-refractivity contribution >= 4 is 5.91 Å². The number of carbonyl (C=O) groups excluding carboxylic acids is 1. The zero-order valence-electron chi connectivity index (χ0n) is 15.0. The van der Waals surface area contributed by atoms with E-state index in [2.05, 4.69) is 26.2 Å². The van der Waals surface area contributed by atoms with Crippen molar-refractivity contribution in [1.29, 1.82) is 0 Å². The second-order valence-electron chi connectivity index (χ2n) is 6.81. The van der Waals surface area contributed by atoms with Crippen LogP contribution in [0.1, 0.15) is 36.7 Å². The van der Waals surface area contributed by atoms with Crippen LogP contribution in [0.5, 0.6) is 0 Å². The van der Waals surface area contributed by atoms with Gasteiger partial charge in [0.05, 0.1) is 0 Å². The predicted molar refractivity (Wildman–Crippen MR) is 94.9 cm³/mol. The molecule has 1 fully saturated rings. The molecule has 1 saturated heterocycles. The van der Waals surface area contributed by atoms with Crippen LogP contribution in [-0.4, -0.2) is 45.7 Å². The molecule has 1 aliphatic heterocycles. The van der Waals surface area contributed by atoms with Gasteiger partial charge in [-0.1, -0.05) is 12.1 Å². The van der Waals surface area contributed by atoms with Crippen molar-refractivity contribution in [3.8, 4) is 0 Å². The third-order valence-corrected chi connectivity index (χ3v) is 4.85. The van der Waals surface area contributed by atoms with Crippen LogP contribution in [0, 0.1) is 18.7 Å². The van der Waals surface area contributed by atoms with Gasteiger partial charge >= 0.3 is 0 Å². The Kier molecular flexibility index (Phi) is 6.27. The number of aromatic nitrogens is 4. The number of nitrogens with one attached hydrogen (secondary N) is 2. The van der Waals surface area contributed by atoms with Crippen molar-refractivity contribution in [3.63, 3.8) is 0 Å². The Bertz CT molecular complexity index is 711. The topological polar surface area (TPSA) is 84.7 Å². The number of piperidine rings is 1. The van der Waals surface area contributed by atoms with Gasteiger partial charge in [-0.15, -0.1) is 5.10 Å². The minimum atomic E-state index is -0.556. The lowest BCUT2D eigenvalue weighted by atomic mass is 9.96. The first kappa shape index (κ1) is 18.4. The van der Waals surface area contributed by atoms with Crippen LogP contribution in [0.2, 0.25) is 0 Å². The molecule has 2 heterocycles. The molecule has 0 aliphatic carbocycles. The maximum absolute atomic E-state index is 13.1. The molecule has 0 saturated carbocycles. The fourth-order valence-corrected chi connectivity index (χ4v) is 3.35. The van der Waals surface area contributed by atoms with E-state index in [1.54, 1.807) is 19.1 Å². The summed E-state index contributed by atoms with van der Waals surface area (Å²) in [6.45, 7) is 4.49. The number of nitrogens with zero attached hydrogens (tertiary/aromatic N) is 4. The predicted octanol–water partition coefficient (Wildman–Crippen LogP) is 1.41. The number of hydrogen-bond acceptors (Lipinski definition) is 5. The van der Waals surface area contributed by atoms with E-state index in [-0.39, 0.29) is 11.7 Å². The van der Waals surface area contributed by atoms with Gasteiger partial charge < -0.3 is 10.6 Å². The van der Waals surface area contributed by atoms with Crippen LogP contribution >= 0.6 is 0 Å². The van der Waals surface area contributed by atoms with E-state index >= 15 is 0 Å². The van der Waals surface area contributed by atoms with Gasteiger partial charge in [-0.2, -0.15) is 0 Å². The SMILES string of the molecule is Cc1nnnn1C(Cc1ccc(F)cc1)C(=O)NCCC1CCCNC1. The van der Waals surface area contributed by atoms with Gasteiger partial charge in [0.15, 0.2) is 0 Å². The third kappa shape index (κ3) is 4.85. The molecule has 0 spiro atoms. The van der Waals surface area contributed by atoms with Crippen LogP contribution in [0.4, 0.5) is 4.39 Å². The zero-order chi connectivity index (χ0) is 18.4. The highest BCUT2D eigenvalue weighted by Crippen LogP contribution is 2.17. The molecule has 0 radical (unpaired) electrons. The maximum Gasteiger partial charge on any atom is 0.245 e. The summed E-state index contributed by atoms with van der Waals surface area (Å²) in [5.74, 6) is 0.765. The second kappa shape index (κ2) is 8.84. The highest BCUT2D eigenvalue weighted by Gasteiger charge is 2.24. The van der Waals surface area contributed by atoms with Crippen molar-refractivity contribution in [3.05, 3.63) is 41.5 Å². The van der Waals surface area contributed by atoms with Crippen molar-refractivity contribution in [2.24, 2.45) is 5.92 Å². The summed E-state index contributed by atoms with van der Waals surface area (Å²) in [6.07, 6.45) is 3.75. The lowest BCUT2D eigenvalue weighted by molar-refractivity contribution is -0.124. The molecule has 1 aromatic carbocycles. The average Bonchev–Trinajstić information content (AvgIpc) is 3.07. The summed E-state index contributed by atoms with van der Waals surface area (Å²) < 4.78 is 14.7. The van der Waals surface area contributed by atoms with Crippen LogP contribution < -0.4 is 10.6 Å². The van der Waals surface area contributed by atoms with E-state index in [0.717, 1.165) is 25.1 Å². The van der Waals surface area contributed by atoms with E-state index in [1.165, 1.54) is 29.7 Å². The van der Waals surface area contributed by atoms with Crippen molar-refractivity contribution < 1.29 is 9.18 Å². The molecule has 1 aliphatic rings. The number of aryl methyl sites for hydroxylation is 1. The van der Waals surface area contributed by atoms with E-state index in [4.69, 9.17) is 0 Å². The Morgan fingerprint density at radius 1 is 1.42 bits per heavy atom. The first-order chi connectivity index (χ1) is 12.6. The summed E-state index contributed by atoms with van der Waals surface area (Å²) >= 11 is 0. The highest BCUT2D eigenvalue weighted by molar-refractivity contribution is 5.80. The van der Waals surface area contributed by atoms with Crippen LogP contribution in [0.25, 0.3) is 0 Å². The minimum Gasteiger partial charge on any atom is -0.354 e. The number of benzene rings is 1. The summed E-state index contributed by atoms with van der Waals surface area (Å²) in [5, 5.41) is 17.9. The summed E-state index contributed by atoms with van der Waals surface area (Å²) in [4.78, 5) is 12.8. The van der Waals surface area contributed by atoms with Crippen LogP contribution in [0.15, 0.2) is 24.3 Å². The van der Waals surface area contributed by atoms with E-state index < -0.39 is 6.04 Å². The molecule has 2 N–H and O–H groups in total. The van der Waals surface area contributed by atoms with Crippen molar-refractivity contribution in [1.82, 2.24) is 30.8 Å². The fourth-order valence-electron chi connectivity index (χ4n) is 3.35. The first-order valence-corrected chi connectivity index (χ1v) is 9.11. The monoisotopic (exact) mass is 360 g/mol. The van der Waals surface area contributed by atoms with E-state index in [0.29, 0.717) is 24.7 Å². The van der Waals surface area contributed by atoms with E-state index in [1.807, 2.05) is 0 Å². The molecular formula is C18H25FN6O. The molecule has 1 amide bonds. The summed E-state index contributed by atoms with van der Waals surface area (Å²) in [7, 11) is 0. The molecule has 26 heavy (non-hydrogen) atoms. The summed E-state index contributed by atoms with van der Waals surface area (Å²) in [6, 6.07) is 5.60. The van der Waals surface area contributed by atoms with Crippen LogP contribution in [-0.2, 0) is 11.2 Å². The highest BCUT2D eigenvalue weighted by atomic mass is 19.1. The Balaban J connectivity index is 1.63. The Morgan fingerprint density at radius 2 is 2.23 bits per heavy atom. The second-order valence-corrected chi connectivity index (χ2v) is 6.81. The largest absolute Gasteiger partial charge is 0.354 e. The molecule has 2 atom stereocenters. The van der Waals surface area contributed by atoms with Gasteiger partial charge in [-0.3, -0.25) is 4.79 Å². The third-order valence-electron chi connectivity index (χ3n) is 4.85. The normalized spacial score (nSPS) is 18.5. The van der Waals surface area contributed by atoms with Gasteiger partial charge in [0, 0.05) is 13.0 Å². The van der Waals surface area contributed by atoms with Crippen molar-refractivity contribution in [2.75, 3.05) is 19.6 Å². The number of hydrogen-bond donors (Lipinski definition) is 2. The minimum absolute atomic E-state index is 0.117. The number of halogens is 1. The number of tetrazole rings is 1. The standard InChI is InChI=1S/C18H25FN6O/c1-13-22-23-24-25(13)17(11-14-4-6-16(19)7-5-14)18(26)21-10-8-15-3-2-9-20-12-15/h4-7,15,17,20H,2-3,8-12H2,1H3,(H,21,26). The Morgan fingerprint density at radius 3 is 2.88 bits per heavy atom. The number of amides is 1. The smallest absolute Gasteiger partial charge is 0.245 e. The van der Waals surface area contributed by atoms with Crippen LogP contribution in [0.3, 0.4) is 0 Å². The van der Waals surface area contributed by atoms with Gasteiger partial charge in [-0.05, 0) is 73.3 Å². The van der Waals surface area contributed by atoms with Gasteiger partial charge in [0.2, 0.25) is 5.91 Å². The number of rotatable bonds is 7. The van der Waals surface area contributed by atoms with Gasteiger partial charge in [0.1, 0.15) is 17.7 Å². The molecule has 140 valence electrons. The van der Waals surface area contributed by atoms with E-state index in [9.17, 15) is 9.18 Å². The first-order valence-electron chi connectivity index (χ1n) is 9.11. The molecular weight excluding hydrogens is 335 g/mol.